The van der Waals surface area contributed by atoms with Crippen molar-refractivity contribution in [1.82, 2.24) is 5.32 Å². The Morgan fingerprint density at radius 1 is 1.44 bits per heavy atom. The fraction of sp³-hybridized carbons (Fsp3) is 0.538. The van der Waals surface area contributed by atoms with Crippen molar-refractivity contribution in [2.45, 2.75) is 38.6 Å². The lowest BCUT2D eigenvalue weighted by molar-refractivity contribution is 0.411. The summed E-state index contributed by atoms with van der Waals surface area (Å²) in [7, 11) is 0. The number of rotatable bonds is 2. The molecule has 1 saturated heterocycles. The van der Waals surface area contributed by atoms with E-state index in [0.29, 0.717) is 10.5 Å². The van der Waals surface area contributed by atoms with E-state index in [2.05, 4.69) is 21.2 Å². The second-order valence-corrected chi connectivity index (χ2v) is 5.19. The molecule has 88 valence electrons. The summed E-state index contributed by atoms with van der Waals surface area (Å²) >= 11 is 3.30. The minimum Gasteiger partial charge on any atom is -0.310 e. The van der Waals surface area contributed by atoms with Gasteiger partial charge in [-0.25, -0.2) is 4.39 Å². The Kier molecular flexibility index (Phi) is 3.98. The predicted octanol–water partition coefficient (Wildman–Crippen LogP) is 3.97. The van der Waals surface area contributed by atoms with Crippen LogP contribution in [0.3, 0.4) is 0 Å². The van der Waals surface area contributed by atoms with Crippen LogP contribution < -0.4 is 5.32 Å². The number of halogens is 2. The Hall–Kier alpha value is -0.410. The van der Waals surface area contributed by atoms with Gasteiger partial charge >= 0.3 is 0 Å². The van der Waals surface area contributed by atoms with Crippen molar-refractivity contribution in [1.29, 1.82) is 0 Å². The zero-order valence-corrected chi connectivity index (χ0v) is 11.1. The van der Waals surface area contributed by atoms with Gasteiger partial charge in [-0.15, -0.1) is 0 Å². The molecule has 1 aromatic carbocycles. The molecule has 16 heavy (non-hydrogen) atoms. The highest BCUT2D eigenvalue weighted by Gasteiger charge is 2.17. The van der Waals surface area contributed by atoms with E-state index < -0.39 is 0 Å². The number of hydrogen-bond donors (Lipinski definition) is 1. The first-order valence-corrected chi connectivity index (χ1v) is 6.73. The number of piperidine rings is 1. The molecule has 0 amide bonds. The molecule has 0 aliphatic carbocycles. The highest BCUT2D eigenvalue weighted by molar-refractivity contribution is 9.10. The van der Waals surface area contributed by atoms with Crippen LogP contribution in [0.2, 0.25) is 0 Å². The van der Waals surface area contributed by atoms with Crippen molar-refractivity contribution in [3.63, 3.8) is 0 Å². The van der Waals surface area contributed by atoms with Crippen molar-refractivity contribution < 1.29 is 4.39 Å². The molecule has 2 rings (SSSR count). The second-order valence-electron chi connectivity index (χ2n) is 4.33. The van der Waals surface area contributed by atoms with Gasteiger partial charge in [0.1, 0.15) is 5.82 Å². The van der Waals surface area contributed by atoms with Crippen LogP contribution in [-0.2, 0) is 6.42 Å². The number of aryl methyl sites for hydroxylation is 1. The van der Waals surface area contributed by atoms with Crippen LogP contribution in [0.4, 0.5) is 4.39 Å². The van der Waals surface area contributed by atoms with Gasteiger partial charge in [0, 0.05) is 6.04 Å². The molecule has 1 atom stereocenters. The van der Waals surface area contributed by atoms with Crippen LogP contribution in [0.1, 0.15) is 43.4 Å². The summed E-state index contributed by atoms with van der Waals surface area (Å²) in [5.74, 6) is -0.109. The molecule has 1 unspecified atom stereocenters. The summed E-state index contributed by atoms with van der Waals surface area (Å²) in [6.45, 7) is 3.06. The minimum atomic E-state index is -0.109. The van der Waals surface area contributed by atoms with Crippen molar-refractivity contribution in [2.75, 3.05) is 6.54 Å². The zero-order valence-electron chi connectivity index (χ0n) is 9.52. The van der Waals surface area contributed by atoms with Crippen LogP contribution in [-0.4, -0.2) is 6.54 Å². The summed E-state index contributed by atoms with van der Waals surface area (Å²) in [5.41, 5.74) is 2.02. The smallest absolute Gasteiger partial charge is 0.140 e. The molecular weight excluding hydrogens is 269 g/mol. The van der Waals surface area contributed by atoms with Gasteiger partial charge in [0.2, 0.25) is 0 Å². The molecule has 0 radical (unpaired) electrons. The van der Waals surface area contributed by atoms with Crippen molar-refractivity contribution >= 4 is 15.9 Å². The summed E-state index contributed by atoms with van der Waals surface area (Å²) < 4.78 is 14.3. The molecule has 3 heteroatoms. The van der Waals surface area contributed by atoms with Gasteiger partial charge in [-0.1, -0.05) is 19.4 Å². The molecule has 1 fully saturated rings. The quantitative estimate of drug-likeness (QED) is 0.867. The lowest BCUT2D eigenvalue weighted by Crippen LogP contribution is -2.26. The molecule has 1 aliphatic rings. The van der Waals surface area contributed by atoms with E-state index >= 15 is 0 Å². The van der Waals surface area contributed by atoms with Gasteiger partial charge in [0.25, 0.3) is 0 Å². The van der Waals surface area contributed by atoms with Crippen molar-refractivity contribution in [3.8, 4) is 0 Å². The van der Waals surface area contributed by atoms with E-state index in [-0.39, 0.29) is 5.82 Å². The maximum atomic E-state index is 13.7. The molecule has 0 bridgehead atoms. The normalized spacial score (nSPS) is 21.1. The first kappa shape index (κ1) is 12.1. The Labute approximate surface area is 105 Å². The summed E-state index contributed by atoms with van der Waals surface area (Å²) in [5, 5.41) is 3.49. The largest absolute Gasteiger partial charge is 0.310 e. The van der Waals surface area contributed by atoms with Crippen LogP contribution in [0.25, 0.3) is 0 Å². The van der Waals surface area contributed by atoms with Gasteiger partial charge in [0.05, 0.1) is 4.47 Å². The lowest BCUT2D eigenvalue weighted by Gasteiger charge is -2.24. The minimum absolute atomic E-state index is 0.109. The Morgan fingerprint density at radius 3 is 2.88 bits per heavy atom. The molecule has 0 aromatic heterocycles. The summed E-state index contributed by atoms with van der Waals surface area (Å²) in [6.07, 6.45) is 4.40. The van der Waals surface area contributed by atoms with E-state index in [0.717, 1.165) is 24.9 Å². The van der Waals surface area contributed by atoms with Gasteiger partial charge in [-0.2, -0.15) is 0 Å². The van der Waals surface area contributed by atoms with E-state index in [1.165, 1.54) is 18.4 Å². The van der Waals surface area contributed by atoms with Gasteiger partial charge in [-0.05, 0) is 58.9 Å². The summed E-state index contributed by atoms with van der Waals surface area (Å²) in [4.78, 5) is 0. The molecular formula is C13H17BrFN. The molecule has 1 aliphatic heterocycles. The lowest BCUT2D eigenvalue weighted by atomic mass is 9.95. The van der Waals surface area contributed by atoms with Gasteiger partial charge < -0.3 is 5.32 Å². The van der Waals surface area contributed by atoms with Gasteiger partial charge in [0.15, 0.2) is 0 Å². The maximum absolute atomic E-state index is 13.7. The number of benzene rings is 1. The standard InChI is InChI=1S/C13H17BrFN/c1-2-9-7-10(8-11(14)13(9)15)12-5-3-4-6-16-12/h7-8,12,16H,2-6H2,1H3. The molecule has 1 heterocycles. The fourth-order valence-electron chi connectivity index (χ4n) is 2.26. The SMILES string of the molecule is CCc1cc(C2CCCCN2)cc(Br)c1F. The highest BCUT2D eigenvalue weighted by atomic mass is 79.9. The van der Waals surface area contributed by atoms with Crippen LogP contribution in [0.15, 0.2) is 16.6 Å². The molecule has 0 spiro atoms. The van der Waals surface area contributed by atoms with E-state index in [4.69, 9.17) is 0 Å². The Bertz CT molecular complexity index is 372. The summed E-state index contributed by atoms with van der Waals surface area (Å²) in [6, 6.07) is 4.32. The number of nitrogens with one attached hydrogen (secondary N) is 1. The third-order valence-electron chi connectivity index (χ3n) is 3.22. The number of hydrogen-bond acceptors (Lipinski definition) is 1. The molecule has 1 aromatic rings. The zero-order chi connectivity index (χ0) is 11.5. The topological polar surface area (TPSA) is 12.0 Å². The average molecular weight is 286 g/mol. The third kappa shape index (κ3) is 2.46. The molecule has 1 nitrogen and oxygen atoms in total. The fourth-order valence-corrected chi connectivity index (χ4v) is 2.78. The van der Waals surface area contributed by atoms with Crippen LogP contribution >= 0.6 is 15.9 Å². The Balaban J connectivity index is 2.29. The highest BCUT2D eigenvalue weighted by Crippen LogP contribution is 2.29. The van der Waals surface area contributed by atoms with Crippen molar-refractivity contribution in [3.05, 3.63) is 33.5 Å². The second kappa shape index (κ2) is 5.28. The van der Waals surface area contributed by atoms with E-state index in [9.17, 15) is 4.39 Å². The molecule has 1 N–H and O–H groups in total. The van der Waals surface area contributed by atoms with E-state index in [1.54, 1.807) is 0 Å². The predicted molar refractivity (Wildman–Crippen MR) is 68.1 cm³/mol. The van der Waals surface area contributed by atoms with Crippen LogP contribution in [0.5, 0.6) is 0 Å². The molecule has 0 saturated carbocycles. The monoisotopic (exact) mass is 285 g/mol. The van der Waals surface area contributed by atoms with E-state index in [1.807, 2.05) is 19.1 Å². The van der Waals surface area contributed by atoms with Crippen LogP contribution in [0, 0.1) is 5.82 Å². The first-order chi connectivity index (χ1) is 7.72. The third-order valence-corrected chi connectivity index (χ3v) is 3.80. The Morgan fingerprint density at radius 2 is 2.25 bits per heavy atom. The average Bonchev–Trinajstić information content (AvgIpc) is 2.33. The first-order valence-electron chi connectivity index (χ1n) is 5.93. The maximum Gasteiger partial charge on any atom is 0.140 e. The van der Waals surface area contributed by atoms with Gasteiger partial charge in [-0.3, -0.25) is 0 Å². The van der Waals surface area contributed by atoms with Crippen molar-refractivity contribution in [2.24, 2.45) is 0 Å².